The molecule has 0 aliphatic rings. The molecule has 25 heavy (non-hydrogen) atoms. The van der Waals surface area contributed by atoms with Crippen LogP contribution in [0.4, 0.5) is 0 Å². The lowest BCUT2D eigenvalue weighted by molar-refractivity contribution is 0.0376. The SMILES string of the molecule is C=CCN[C@H](c1ccccc1)C(O)(c1ccccc1)c1ccccc1. The van der Waals surface area contributed by atoms with Gasteiger partial charge < -0.3 is 10.4 Å². The van der Waals surface area contributed by atoms with Gasteiger partial charge in [0.25, 0.3) is 0 Å². The number of hydrogen-bond acceptors (Lipinski definition) is 2. The van der Waals surface area contributed by atoms with E-state index in [1.54, 1.807) is 0 Å². The van der Waals surface area contributed by atoms with Crippen molar-refractivity contribution in [3.8, 4) is 0 Å². The predicted molar refractivity (Wildman–Crippen MR) is 103 cm³/mol. The van der Waals surface area contributed by atoms with E-state index in [0.29, 0.717) is 6.54 Å². The summed E-state index contributed by atoms with van der Waals surface area (Å²) in [4.78, 5) is 0. The highest BCUT2D eigenvalue weighted by Crippen LogP contribution is 2.40. The smallest absolute Gasteiger partial charge is 0.134 e. The molecule has 3 aromatic carbocycles. The van der Waals surface area contributed by atoms with Gasteiger partial charge >= 0.3 is 0 Å². The predicted octanol–water partition coefficient (Wildman–Crippen LogP) is 4.44. The Morgan fingerprint density at radius 1 is 0.800 bits per heavy atom. The van der Waals surface area contributed by atoms with Crippen LogP contribution >= 0.6 is 0 Å². The van der Waals surface area contributed by atoms with Crippen molar-refractivity contribution < 1.29 is 5.11 Å². The van der Waals surface area contributed by atoms with Crippen LogP contribution in [0.5, 0.6) is 0 Å². The number of nitrogens with one attached hydrogen (secondary N) is 1. The second kappa shape index (κ2) is 7.93. The summed E-state index contributed by atoms with van der Waals surface area (Å²) in [5, 5.41) is 15.5. The van der Waals surface area contributed by atoms with Crippen molar-refractivity contribution in [1.29, 1.82) is 0 Å². The summed E-state index contributed by atoms with van der Waals surface area (Å²) in [5.41, 5.74) is 1.53. The van der Waals surface area contributed by atoms with Crippen LogP contribution in [0.15, 0.2) is 104 Å². The quantitative estimate of drug-likeness (QED) is 0.628. The Balaban J connectivity index is 2.19. The van der Waals surface area contributed by atoms with Crippen molar-refractivity contribution >= 4 is 0 Å². The average Bonchev–Trinajstić information content (AvgIpc) is 2.70. The Labute approximate surface area is 149 Å². The van der Waals surface area contributed by atoms with Crippen LogP contribution in [0.2, 0.25) is 0 Å². The highest BCUT2D eigenvalue weighted by atomic mass is 16.3. The molecule has 2 heteroatoms. The van der Waals surface area contributed by atoms with E-state index in [0.717, 1.165) is 16.7 Å². The standard InChI is InChI=1S/C23H23NO/c1-2-18-24-22(19-12-6-3-7-13-19)23(25,20-14-8-4-9-15-20)21-16-10-5-11-17-21/h2-17,22,24-25H,1,18H2/t22-/m1/s1. The van der Waals surface area contributed by atoms with E-state index in [1.165, 1.54) is 0 Å². The van der Waals surface area contributed by atoms with E-state index in [2.05, 4.69) is 11.9 Å². The van der Waals surface area contributed by atoms with E-state index >= 15 is 0 Å². The minimum Gasteiger partial charge on any atom is -0.378 e. The van der Waals surface area contributed by atoms with Gasteiger partial charge in [-0.2, -0.15) is 0 Å². The lowest BCUT2D eigenvalue weighted by Crippen LogP contribution is -2.43. The van der Waals surface area contributed by atoms with Gasteiger partial charge in [-0.3, -0.25) is 0 Å². The molecule has 0 aromatic heterocycles. The molecule has 0 heterocycles. The Hall–Kier alpha value is -2.68. The van der Waals surface area contributed by atoms with Crippen molar-refractivity contribution in [2.45, 2.75) is 11.6 Å². The lowest BCUT2D eigenvalue weighted by atomic mass is 9.77. The van der Waals surface area contributed by atoms with Crippen LogP contribution in [0.3, 0.4) is 0 Å². The molecule has 0 spiro atoms. The Bertz CT molecular complexity index is 745. The minimum atomic E-state index is -1.20. The summed E-state index contributed by atoms with van der Waals surface area (Å²) in [5.74, 6) is 0. The van der Waals surface area contributed by atoms with Gasteiger partial charge in [-0.25, -0.2) is 0 Å². The molecule has 3 aromatic rings. The van der Waals surface area contributed by atoms with Crippen molar-refractivity contribution in [3.05, 3.63) is 120 Å². The first kappa shape index (κ1) is 17.2. The first-order valence-corrected chi connectivity index (χ1v) is 8.49. The van der Waals surface area contributed by atoms with Gasteiger partial charge in [0, 0.05) is 6.54 Å². The first-order valence-electron chi connectivity index (χ1n) is 8.49. The Morgan fingerprint density at radius 3 is 1.68 bits per heavy atom. The lowest BCUT2D eigenvalue weighted by Gasteiger charge is -2.38. The molecular weight excluding hydrogens is 306 g/mol. The van der Waals surface area contributed by atoms with Crippen LogP contribution in [0.25, 0.3) is 0 Å². The summed E-state index contributed by atoms with van der Waals surface area (Å²) in [7, 11) is 0. The topological polar surface area (TPSA) is 32.3 Å². The molecule has 126 valence electrons. The third-order valence-corrected chi connectivity index (χ3v) is 4.44. The van der Waals surface area contributed by atoms with Gasteiger partial charge in [0.15, 0.2) is 0 Å². The summed E-state index contributed by atoms with van der Waals surface area (Å²) < 4.78 is 0. The first-order chi connectivity index (χ1) is 12.3. The molecule has 0 fully saturated rings. The largest absolute Gasteiger partial charge is 0.378 e. The Kier molecular flexibility index (Phi) is 5.44. The van der Waals surface area contributed by atoms with Gasteiger partial charge in [0.1, 0.15) is 5.60 Å². The minimum absolute atomic E-state index is 0.309. The van der Waals surface area contributed by atoms with Gasteiger partial charge in [0.05, 0.1) is 6.04 Å². The van der Waals surface area contributed by atoms with E-state index < -0.39 is 5.60 Å². The number of hydrogen-bond donors (Lipinski definition) is 2. The zero-order valence-corrected chi connectivity index (χ0v) is 14.2. The molecular formula is C23H23NO. The maximum atomic E-state index is 12.0. The van der Waals surface area contributed by atoms with E-state index in [4.69, 9.17) is 0 Å². The van der Waals surface area contributed by atoms with Gasteiger partial charge in [-0.1, -0.05) is 97.1 Å². The fourth-order valence-electron chi connectivity index (χ4n) is 3.24. The molecule has 0 bridgehead atoms. The van der Waals surface area contributed by atoms with Gasteiger partial charge in [0.2, 0.25) is 0 Å². The Morgan fingerprint density at radius 2 is 1.24 bits per heavy atom. The molecule has 3 rings (SSSR count). The number of rotatable bonds is 7. The summed E-state index contributed by atoms with van der Waals surface area (Å²) in [6, 6.07) is 29.4. The maximum Gasteiger partial charge on any atom is 0.134 e. The van der Waals surface area contributed by atoms with Crippen molar-refractivity contribution in [2.75, 3.05) is 6.54 Å². The zero-order chi connectivity index (χ0) is 17.5. The van der Waals surface area contributed by atoms with Gasteiger partial charge in [-0.15, -0.1) is 6.58 Å². The van der Waals surface area contributed by atoms with Crippen molar-refractivity contribution in [2.24, 2.45) is 0 Å². The summed E-state index contributed by atoms with van der Waals surface area (Å²) >= 11 is 0. The zero-order valence-electron chi connectivity index (χ0n) is 14.2. The summed E-state index contributed by atoms with van der Waals surface area (Å²) in [6.07, 6.45) is 1.81. The van der Waals surface area contributed by atoms with Crippen LogP contribution in [-0.2, 0) is 5.60 Å². The van der Waals surface area contributed by atoms with Crippen LogP contribution in [0, 0.1) is 0 Å². The fourth-order valence-corrected chi connectivity index (χ4v) is 3.24. The second-order valence-electron chi connectivity index (χ2n) is 6.04. The molecule has 0 amide bonds. The molecule has 1 atom stereocenters. The molecule has 0 aliphatic heterocycles. The third-order valence-electron chi connectivity index (χ3n) is 4.44. The number of benzene rings is 3. The molecule has 0 radical (unpaired) electrons. The van der Waals surface area contributed by atoms with Crippen molar-refractivity contribution in [3.63, 3.8) is 0 Å². The fraction of sp³-hybridized carbons (Fsp3) is 0.130. The third kappa shape index (κ3) is 3.55. The molecule has 0 unspecified atom stereocenters. The summed E-state index contributed by atoms with van der Waals surface area (Å²) in [6.45, 7) is 4.41. The van der Waals surface area contributed by atoms with E-state index in [9.17, 15) is 5.11 Å². The molecule has 0 aliphatic carbocycles. The van der Waals surface area contributed by atoms with Gasteiger partial charge in [-0.05, 0) is 16.7 Å². The van der Waals surface area contributed by atoms with Crippen LogP contribution in [-0.4, -0.2) is 11.7 Å². The molecule has 2 N–H and O–H groups in total. The van der Waals surface area contributed by atoms with Crippen LogP contribution < -0.4 is 5.32 Å². The normalized spacial score (nSPS) is 12.5. The van der Waals surface area contributed by atoms with Crippen molar-refractivity contribution in [1.82, 2.24) is 5.32 Å². The van der Waals surface area contributed by atoms with E-state index in [-0.39, 0.29) is 6.04 Å². The highest BCUT2D eigenvalue weighted by molar-refractivity contribution is 5.41. The highest BCUT2D eigenvalue weighted by Gasteiger charge is 2.40. The van der Waals surface area contributed by atoms with Crippen LogP contribution in [0.1, 0.15) is 22.7 Å². The molecule has 0 saturated carbocycles. The van der Waals surface area contributed by atoms with E-state index in [1.807, 2.05) is 97.1 Å². The second-order valence-corrected chi connectivity index (χ2v) is 6.04. The molecule has 2 nitrogen and oxygen atoms in total. The maximum absolute atomic E-state index is 12.0. The monoisotopic (exact) mass is 329 g/mol. The average molecular weight is 329 g/mol. The molecule has 0 saturated heterocycles. The number of aliphatic hydroxyl groups is 1.